The van der Waals surface area contributed by atoms with Gasteiger partial charge in [-0.25, -0.2) is 4.98 Å². The minimum atomic E-state index is 0.370. The van der Waals surface area contributed by atoms with Gasteiger partial charge in [-0.2, -0.15) is 5.26 Å². The number of hydrogen-bond acceptors (Lipinski definition) is 4. The summed E-state index contributed by atoms with van der Waals surface area (Å²) >= 11 is 5.23. The molecule has 4 nitrogen and oxygen atoms in total. The monoisotopic (exact) mass is 440 g/mol. The number of pyridine rings is 1. The first kappa shape index (κ1) is 18.2. The number of ether oxygens (including phenoxy) is 1. The zero-order chi connectivity index (χ0) is 18.8. The van der Waals surface area contributed by atoms with E-state index in [1.54, 1.807) is 11.3 Å². The fraction of sp³-hybridized carbons (Fsp3) is 0.238. The number of likely N-dealkylation sites (N-methyl/N-ethyl adjacent to an activating group) is 1. The van der Waals surface area contributed by atoms with Crippen molar-refractivity contribution in [2.45, 2.75) is 19.6 Å². The second kappa shape index (κ2) is 7.81. The van der Waals surface area contributed by atoms with Gasteiger partial charge >= 0.3 is 0 Å². The van der Waals surface area contributed by atoms with Gasteiger partial charge in [0, 0.05) is 22.0 Å². The molecule has 3 heterocycles. The van der Waals surface area contributed by atoms with Crippen molar-refractivity contribution in [3.63, 3.8) is 0 Å². The Balaban J connectivity index is 1.79. The van der Waals surface area contributed by atoms with Gasteiger partial charge in [-0.05, 0) is 23.1 Å². The van der Waals surface area contributed by atoms with Gasteiger partial charge in [0.15, 0.2) is 0 Å². The lowest BCUT2D eigenvalue weighted by Crippen LogP contribution is -3.08. The number of hydrogen-bond donors (Lipinski definition) is 1. The topological polar surface area (TPSA) is 50.4 Å². The van der Waals surface area contributed by atoms with Gasteiger partial charge < -0.3 is 9.64 Å². The van der Waals surface area contributed by atoms with Crippen molar-refractivity contribution in [2.75, 3.05) is 13.6 Å². The van der Waals surface area contributed by atoms with Crippen LogP contribution in [0.25, 0.3) is 10.6 Å². The number of nitrogens with one attached hydrogen (secondary N) is 1. The molecule has 1 aromatic carbocycles. The Kier molecular flexibility index (Phi) is 5.26. The highest BCUT2D eigenvalue weighted by Gasteiger charge is 2.28. The molecule has 1 unspecified atom stereocenters. The number of halogens is 1. The molecule has 0 aliphatic carbocycles. The van der Waals surface area contributed by atoms with E-state index in [1.165, 1.54) is 10.5 Å². The fourth-order valence-electron chi connectivity index (χ4n) is 3.44. The minimum Gasteiger partial charge on any atom is -0.472 e. The van der Waals surface area contributed by atoms with Crippen LogP contribution in [0.5, 0.6) is 5.88 Å². The molecular weight excluding hydrogens is 422 g/mol. The summed E-state index contributed by atoms with van der Waals surface area (Å²) < 4.78 is 7.06. The Labute approximate surface area is 171 Å². The molecule has 27 heavy (non-hydrogen) atoms. The van der Waals surface area contributed by atoms with E-state index in [4.69, 9.17) is 9.72 Å². The molecule has 2 aromatic heterocycles. The van der Waals surface area contributed by atoms with Gasteiger partial charge in [0.2, 0.25) is 5.88 Å². The molecule has 4 rings (SSSR count). The Hall–Kier alpha value is -2.20. The average Bonchev–Trinajstić information content (AvgIpc) is 3.21. The summed E-state index contributed by atoms with van der Waals surface area (Å²) in [6, 6.07) is 14.4. The second-order valence-electron chi connectivity index (χ2n) is 6.70. The maximum Gasteiger partial charge on any atom is 0.233 e. The first-order chi connectivity index (χ1) is 13.2. The first-order valence-corrected chi connectivity index (χ1v) is 10.5. The predicted molar refractivity (Wildman–Crippen MR) is 110 cm³/mol. The number of quaternary nitrogens is 1. The van der Waals surface area contributed by atoms with Crippen molar-refractivity contribution >= 4 is 27.3 Å². The highest BCUT2D eigenvalue weighted by atomic mass is 79.9. The molecule has 1 atom stereocenters. The van der Waals surface area contributed by atoms with Crippen LogP contribution in [-0.2, 0) is 19.6 Å². The van der Waals surface area contributed by atoms with Gasteiger partial charge in [-0.15, -0.1) is 11.3 Å². The van der Waals surface area contributed by atoms with Crippen LogP contribution in [0.4, 0.5) is 0 Å². The van der Waals surface area contributed by atoms with Crippen LogP contribution < -0.4 is 9.64 Å². The number of rotatable bonds is 4. The summed E-state index contributed by atoms with van der Waals surface area (Å²) in [6.07, 6.45) is 0.931. The SMILES string of the molecule is C[NH+]1CCc2c(-c3cccs3)nc(OCc3ccccc3Br)c(C#N)c2C1. The predicted octanol–water partition coefficient (Wildman–Crippen LogP) is 3.59. The number of aromatic nitrogens is 1. The van der Waals surface area contributed by atoms with E-state index < -0.39 is 0 Å². The Morgan fingerprint density at radius 2 is 2.11 bits per heavy atom. The number of nitriles is 1. The summed E-state index contributed by atoms with van der Waals surface area (Å²) in [7, 11) is 2.16. The molecule has 0 radical (unpaired) electrons. The van der Waals surface area contributed by atoms with Gasteiger partial charge in [0.1, 0.15) is 24.8 Å². The smallest absolute Gasteiger partial charge is 0.233 e. The van der Waals surface area contributed by atoms with Crippen LogP contribution in [-0.4, -0.2) is 18.6 Å². The van der Waals surface area contributed by atoms with Gasteiger partial charge in [0.05, 0.1) is 24.2 Å². The van der Waals surface area contributed by atoms with E-state index in [1.807, 2.05) is 30.3 Å². The van der Waals surface area contributed by atoms with Crippen LogP contribution in [0, 0.1) is 11.3 Å². The highest BCUT2D eigenvalue weighted by molar-refractivity contribution is 9.10. The Bertz CT molecular complexity index is 1010. The first-order valence-electron chi connectivity index (χ1n) is 8.84. The number of benzene rings is 1. The number of thiophene rings is 1. The van der Waals surface area contributed by atoms with Crippen LogP contribution in [0.2, 0.25) is 0 Å². The van der Waals surface area contributed by atoms with Crippen molar-refractivity contribution in [2.24, 2.45) is 0 Å². The molecule has 1 aliphatic rings. The summed E-state index contributed by atoms with van der Waals surface area (Å²) in [4.78, 5) is 7.34. The third-order valence-electron chi connectivity index (χ3n) is 4.85. The van der Waals surface area contributed by atoms with Crippen molar-refractivity contribution in [3.05, 3.63) is 68.5 Å². The molecule has 1 aliphatic heterocycles. The number of nitrogens with zero attached hydrogens (tertiary/aromatic N) is 2. The normalized spacial score (nSPS) is 15.8. The molecule has 3 aromatic rings. The van der Waals surface area contributed by atoms with Gasteiger partial charge in [-0.1, -0.05) is 40.2 Å². The van der Waals surface area contributed by atoms with Crippen molar-refractivity contribution in [1.29, 1.82) is 5.26 Å². The number of fused-ring (bicyclic) bond motifs is 1. The summed E-state index contributed by atoms with van der Waals surface area (Å²) in [5, 5.41) is 11.9. The van der Waals surface area contributed by atoms with Crippen molar-refractivity contribution < 1.29 is 9.64 Å². The Morgan fingerprint density at radius 1 is 1.26 bits per heavy atom. The van der Waals surface area contributed by atoms with E-state index in [0.717, 1.165) is 45.7 Å². The van der Waals surface area contributed by atoms with Crippen LogP contribution in [0.15, 0.2) is 46.3 Å². The lowest BCUT2D eigenvalue weighted by Gasteiger charge is -2.25. The quantitative estimate of drug-likeness (QED) is 0.674. The molecular formula is C21H19BrN3OS+. The van der Waals surface area contributed by atoms with Crippen molar-refractivity contribution in [1.82, 2.24) is 4.98 Å². The molecule has 6 heteroatoms. The molecule has 0 bridgehead atoms. The molecule has 0 saturated heterocycles. The lowest BCUT2D eigenvalue weighted by atomic mass is 9.94. The zero-order valence-electron chi connectivity index (χ0n) is 15.0. The third kappa shape index (κ3) is 3.63. The average molecular weight is 441 g/mol. The molecule has 0 fully saturated rings. The highest BCUT2D eigenvalue weighted by Crippen LogP contribution is 2.35. The molecule has 0 saturated carbocycles. The van der Waals surface area contributed by atoms with E-state index in [-0.39, 0.29) is 0 Å². The maximum atomic E-state index is 9.85. The molecule has 1 N–H and O–H groups in total. The van der Waals surface area contributed by atoms with E-state index in [0.29, 0.717) is 18.1 Å². The summed E-state index contributed by atoms with van der Waals surface area (Å²) in [5.41, 5.74) is 4.86. The van der Waals surface area contributed by atoms with Gasteiger partial charge in [-0.3, -0.25) is 0 Å². The maximum absolute atomic E-state index is 9.85. The Morgan fingerprint density at radius 3 is 2.85 bits per heavy atom. The van der Waals surface area contributed by atoms with E-state index in [9.17, 15) is 5.26 Å². The van der Waals surface area contributed by atoms with Gasteiger partial charge in [0.25, 0.3) is 0 Å². The minimum absolute atomic E-state index is 0.370. The lowest BCUT2D eigenvalue weighted by molar-refractivity contribution is -0.895. The molecule has 0 amide bonds. The van der Waals surface area contributed by atoms with Crippen LogP contribution >= 0.6 is 27.3 Å². The van der Waals surface area contributed by atoms with E-state index >= 15 is 0 Å². The van der Waals surface area contributed by atoms with Crippen LogP contribution in [0.3, 0.4) is 0 Å². The fourth-order valence-corrected chi connectivity index (χ4v) is 4.58. The van der Waals surface area contributed by atoms with Crippen molar-refractivity contribution in [3.8, 4) is 22.5 Å². The second-order valence-corrected chi connectivity index (χ2v) is 8.50. The molecule has 0 spiro atoms. The van der Waals surface area contributed by atoms with E-state index in [2.05, 4.69) is 40.5 Å². The zero-order valence-corrected chi connectivity index (χ0v) is 17.4. The third-order valence-corrected chi connectivity index (χ3v) is 6.50. The largest absolute Gasteiger partial charge is 0.472 e. The molecule has 136 valence electrons. The summed E-state index contributed by atoms with van der Waals surface area (Å²) in [5.74, 6) is 0.435. The standard InChI is InChI=1S/C21H18BrN3OS/c1-25-9-8-15-17(12-25)16(11-23)21(24-20(15)19-7-4-10-27-19)26-13-14-5-2-3-6-18(14)22/h2-7,10H,8-9,12-13H2,1H3/p+1. The van der Waals surface area contributed by atoms with Crippen LogP contribution in [0.1, 0.15) is 22.3 Å². The summed E-state index contributed by atoms with van der Waals surface area (Å²) in [6.45, 7) is 2.24.